The summed E-state index contributed by atoms with van der Waals surface area (Å²) >= 11 is 0. The van der Waals surface area contributed by atoms with Gasteiger partial charge in [-0.15, -0.1) is 0 Å². The third-order valence-corrected chi connectivity index (χ3v) is 4.58. The molecule has 0 spiro atoms. The van der Waals surface area contributed by atoms with Crippen LogP contribution in [-0.2, 0) is 14.4 Å². The van der Waals surface area contributed by atoms with Gasteiger partial charge in [-0.05, 0) is 25.5 Å². The van der Waals surface area contributed by atoms with Crippen molar-refractivity contribution in [3.63, 3.8) is 0 Å². The Morgan fingerprint density at radius 3 is 2.81 bits per heavy atom. The third-order valence-electron chi connectivity index (χ3n) is 4.58. The van der Waals surface area contributed by atoms with Crippen molar-refractivity contribution in [3.8, 4) is 0 Å². The number of benzene rings is 1. The highest BCUT2D eigenvalue weighted by Crippen LogP contribution is 2.29. The second kappa shape index (κ2) is 8.03. The number of rotatable bonds is 6. The highest BCUT2D eigenvalue weighted by atomic mass is 16.2. The largest absolute Gasteiger partial charge is 0.323 e. The molecular formula is C19H23N5O3. The normalized spacial score (nSPS) is 14.3. The molecule has 0 fully saturated rings. The molecule has 0 saturated heterocycles. The summed E-state index contributed by atoms with van der Waals surface area (Å²) in [4.78, 5) is 38.1. The smallest absolute Gasteiger partial charge is 0.244 e. The fourth-order valence-corrected chi connectivity index (χ4v) is 2.95. The van der Waals surface area contributed by atoms with E-state index >= 15 is 0 Å². The molecule has 8 heteroatoms. The van der Waals surface area contributed by atoms with Crippen LogP contribution in [0.25, 0.3) is 0 Å². The maximum absolute atomic E-state index is 12.6. The van der Waals surface area contributed by atoms with E-state index in [4.69, 9.17) is 0 Å². The molecule has 3 rings (SSSR count). The number of nitrogens with one attached hydrogen (secondary N) is 2. The molecule has 142 valence electrons. The molecule has 0 aliphatic carbocycles. The van der Waals surface area contributed by atoms with Gasteiger partial charge in [-0.1, -0.05) is 19.1 Å². The summed E-state index contributed by atoms with van der Waals surface area (Å²) in [6.45, 7) is 4.02. The van der Waals surface area contributed by atoms with Gasteiger partial charge >= 0.3 is 0 Å². The summed E-state index contributed by atoms with van der Waals surface area (Å²) in [5.74, 6) is -0.153. The van der Waals surface area contributed by atoms with Crippen molar-refractivity contribution in [3.05, 3.63) is 36.5 Å². The lowest BCUT2D eigenvalue weighted by Gasteiger charge is -2.29. The first-order valence-electron chi connectivity index (χ1n) is 9.02. The monoisotopic (exact) mass is 369 g/mol. The Labute approximate surface area is 157 Å². The van der Waals surface area contributed by atoms with Gasteiger partial charge in [0.1, 0.15) is 12.4 Å². The topological polar surface area (TPSA) is 96.3 Å². The molecule has 2 heterocycles. The van der Waals surface area contributed by atoms with Crippen molar-refractivity contribution >= 4 is 34.9 Å². The molecule has 3 amide bonds. The predicted molar refractivity (Wildman–Crippen MR) is 103 cm³/mol. The Hall–Kier alpha value is -3.16. The zero-order valence-electron chi connectivity index (χ0n) is 15.4. The van der Waals surface area contributed by atoms with E-state index in [0.29, 0.717) is 17.2 Å². The van der Waals surface area contributed by atoms with Crippen molar-refractivity contribution in [2.24, 2.45) is 0 Å². The maximum atomic E-state index is 12.6. The minimum Gasteiger partial charge on any atom is -0.323 e. The van der Waals surface area contributed by atoms with Gasteiger partial charge < -0.3 is 15.5 Å². The SMILES string of the molecule is CCC(C)n1nccc1NC(=O)CCC(=O)N1CC(=O)Nc2ccccc21. The molecule has 1 aromatic carbocycles. The number of amides is 3. The molecule has 0 saturated carbocycles. The summed E-state index contributed by atoms with van der Waals surface area (Å²) in [5, 5.41) is 9.77. The Morgan fingerprint density at radius 1 is 1.26 bits per heavy atom. The zero-order chi connectivity index (χ0) is 19.4. The van der Waals surface area contributed by atoms with Crippen LogP contribution in [0.4, 0.5) is 17.2 Å². The summed E-state index contributed by atoms with van der Waals surface area (Å²) in [6.07, 6.45) is 2.57. The van der Waals surface area contributed by atoms with E-state index in [1.54, 1.807) is 41.2 Å². The van der Waals surface area contributed by atoms with Gasteiger partial charge in [0.2, 0.25) is 17.7 Å². The molecule has 0 bridgehead atoms. The van der Waals surface area contributed by atoms with Crippen LogP contribution in [-0.4, -0.2) is 34.0 Å². The molecular weight excluding hydrogens is 346 g/mol. The molecule has 1 aliphatic rings. The van der Waals surface area contributed by atoms with Crippen LogP contribution >= 0.6 is 0 Å². The van der Waals surface area contributed by atoms with E-state index in [1.807, 2.05) is 13.8 Å². The van der Waals surface area contributed by atoms with Crippen LogP contribution in [0.2, 0.25) is 0 Å². The quantitative estimate of drug-likeness (QED) is 0.818. The molecule has 1 aromatic heterocycles. The molecule has 27 heavy (non-hydrogen) atoms. The Balaban J connectivity index is 1.61. The van der Waals surface area contributed by atoms with Gasteiger partial charge in [-0.25, -0.2) is 4.68 Å². The lowest BCUT2D eigenvalue weighted by Crippen LogP contribution is -2.42. The first kappa shape index (κ1) is 18.6. The number of para-hydroxylation sites is 2. The van der Waals surface area contributed by atoms with E-state index < -0.39 is 0 Å². The van der Waals surface area contributed by atoms with Crippen molar-refractivity contribution in [1.29, 1.82) is 0 Å². The van der Waals surface area contributed by atoms with Crippen LogP contribution in [0.3, 0.4) is 0 Å². The van der Waals surface area contributed by atoms with E-state index in [9.17, 15) is 14.4 Å². The zero-order valence-corrected chi connectivity index (χ0v) is 15.4. The molecule has 1 atom stereocenters. The van der Waals surface area contributed by atoms with Gasteiger partial charge in [-0.3, -0.25) is 14.4 Å². The van der Waals surface area contributed by atoms with Crippen LogP contribution in [0, 0.1) is 0 Å². The molecule has 1 aliphatic heterocycles. The first-order chi connectivity index (χ1) is 13.0. The van der Waals surface area contributed by atoms with Crippen molar-refractivity contribution in [1.82, 2.24) is 9.78 Å². The van der Waals surface area contributed by atoms with Crippen LogP contribution in [0.5, 0.6) is 0 Å². The van der Waals surface area contributed by atoms with E-state index in [1.165, 1.54) is 4.90 Å². The summed E-state index contributed by atoms with van der Waals surface area (Å²) in [7, 11) is 0. The van der Waals surface area contributed by atoms with Gasteiger partial charge in [0.15, 0.2) is 0 Å². The van der Waals surface area contributed by atoms with Gasteiger partial charge in [-0.2, -0.15) is 5.10 Å². The number of aromatic nitrogens is 2. The first-order valence-corrected chi connectivity index (χ1v) is 9.02. The number of anilines is 3. The number of fused-ring (bicyclic) bond motifs is 1. The molecule has 8 nitrogen and oxygen atoms in total. The minimum atomic E-state index is -0.261. The Morgan fingerprint density at radius 2 is 2.04 bits per heavy atom. The summed E-state index contributed by atoms with van der Waals surface area (Å²) < 4.78 is 1.75. The summed E-state index contributed by atoms with van der Waals surface area (Å²) in [5.41, 5.74) is 1.25. The number of carbonyl (C=O) groups is 3. The fourth-order valence-electron chi connectivity index (χ4n) is 2.95. The molecule has 2 aromatic rings. The average molecular weight is 369 g/mol. The number of carbonyl (C=O) groups excluding carboxylic acids is 3. The van der Waals surface area contributed by atoms with E-state index in [0.717, 1.165) is 6.42 Å². The standard InChI is InChI=1S/C19H23N5O3/c1-3-13(2)24-16(10-11-20-24)22-17(25)8-9-19(27)23-12-18(26)21-14-6-4-5-7-15(14)23/h4-7,10-11,13H,3,8-9,12H2,1-2H3,(H,21,26)(H,22,25). The summed E-state index contributed by atoms with van der Waals surface area (Å²) in [6, 6.07) is 9.02. The Kier molecular flexibility index (Phi) is 5.54. The van der Waals surface area contributed by atoms with Gasteiger partial charge in [0.25, 0.3) is 0 Å². The fraction of sp³-hybridized carbons (Fsp3) is 0.368. The highest BCUT2D eigenvalue weighted by Gasteiger charge is 2.26. The van der Waals surface area contributed by atoms with Gasteiger partial charge in [0, 0.05) is 18.9 Å². The third kappa shape index (κ3) is 4.16. The predicted octanol–water partition coefficient (Wildman–Crippen LogP) is 2.56. The maximum Gasteiger partial charge on any atom is 0.244 e. The number of hydrogen-bond acceptors (Lipinski definition) is 4. The van der Waals surface area contributed by atoms with Gasteiger partial charge in [0.05, 0.1) is 23.6 Å². The molecule has 2 N–H and O–H groups in total. The minimum absolute atomic E-state index is 0.0188. The Bertz CT molecular complexity index is 861. The van der Waals surface area contributed by atoms with E-state index in [-0.39, 0.29) is 43.1 Å². The van der Waals surface area contributed by atoms with Crippen LogP contribution in [0.15, 0.2) is 36.5 Å². The number of nitrogens with zero attached hydrogens (tertiary/aromatic N) is 3. The second-order valence-corrected chi connectivity index (χ2v) is 6.51. The molecule has 0 radical (unpaired) electrons. The van der Waals surface area contributed by atoms with Crippen molar-refractivity contribution in [2.45, 2.75) is 39.2 Å². The van der Waals surface area contributed by atoms with Crippen LogP contribution in [0.1, 0.15) is 39.2 Å². The number of hydrogen-bond donors (Lipinski definition) is 2. The lowest BCUT2D eigenvalue weighted by molar-refractivity contribution is -0.124. The molecule has 1 unspecified atom stereocenters. The average Bonchev–Trinajstić information content (AvgIpc) is 3.12. The van der Waals surface area contributed by atoms with Crippen LogP contribution < -0.4 is 15.5 Å². The lowest BCUT2D eigenvalue weighted by atomic mass is 10.1. The highest BCUT2D eigenvalue weighted by molar-refractivity contribution is 6.10. The van der Waals surface area contributed by atoms with Crippen molar-refractivity contribution < 1.29 is 14.4 Å². The second-order valence-electron chi connectivity index (χ2n) is 6.51. The van der Waals surface area contributed by atoms with Crippen molar-refractivity contribution in [2.75, 3.05) is 22.1 Å². The van der Waals surface area contributed by atoms with E-state index in [2.05, 4.69) is 15.7 Å².